The normalized spacial score (nSPS) is 11.6. The van der Waals surface area contributed by atoms with Crippen LogP contribution in [0.3, 0.4) is 0 Å². The monoisotopic (exact) mass is 390 g/mol. The van der Waals surface area contributed by atoms with Gasteiger partial charge in [-0.15, -0.1) is 0 Å². The number of hydrogen-bond donors (Lipinski definition) is 1. The first-order valence-corrected chi connectivity index (χ1v) is 10.3. The highest BCUT2D eigenvalue weighted by Gasteiger charge is 2.22. The van der Waals surface area contributed by atoms with Crippen LogP contribution in [0.4, 0.5) is 5.69 Å². The molecule has 6 nitrogen and oxygen atoms in total. The molecule has 1 N–H and O–H groups in total. The molecule has 27 heavy (non-hydrogen) atoms. The largest absolute Gasteiger partial charge is 0.494 e. The number of carbonyl (C=O) groups is 1. The van der Waals surface area contributed by atoms with Crippen LogP contribution in [0, 0.1) is 0 Å². The Morgan fingerprint density at radius 3 is 2.30 bits per heavy atom. The highest BCUT2D eigenvalue weighted by atomic mass is 32.2. The second kappa shape index (κ2) is 9.53. The number of nitrogens with one attached hydrogen (secondary N) is 1. The molecule has 0 radical (unpaired) electrons. The molecular weight excluding hydrogens is 364 g/mol. The number of carbonyl (C=O) groups excluding carboxylic acids is 1. The fourth-order valence-corrected chi connectivity index (χ4v) is 3.68. The fraction of sp³-hybridized carbons (Fsp3) is 0.350. The summed E-state index contributed by atoms with van der Waals surface area (Å²) in [5.41, 5.74) is 0.565. The number of hydrogen-bond acceptors (Lipinski definition) is 4. The summed E-state index contributed by atoms with van der Waals surface area (Å²) in [6.45, 7) is 4.08. The number of sulfonamides is 1. The van der Waals surface area contributed by atoms with Gasteiger partial charge in [-0.05, 0) is 56.7 Å². The molecule has 0 atom stereocenters. The van der Waals surface area contributed by atoms with E-state index in [9.17, 15) is 13.2 Å². The standard InChI is InChI=1S/C20H26N2O4S/c1-16(2)22(3)27(24,25)19-13-11-17(12-14-19)21-20(23)10-7-15-26-18-8-5-4-6-9-18/h4-6,8-9,11-14,16H,7,10,15H2,1-3H3,(H,21,23). The molecule has 2 aromatic carbocycles. The molecule has 146 valence electrons. The van der Waals surface area contributed by atoms with Gasteiger partial charge in [0.1, 0.15) is 5.75 Å². The first kappa shape index (κ1) is 20.9. The van der Waals surface area contributed by atoms with E-state index in [0.717, 1.165) is 5.75 Å². The van der Waals surface area contributed by atoms with Crippen molar-refractivity contribution in [3.8, 4) is 5.75 Å². The van der Waals surface area contributed by atoms with Gasteiger partial charge < -0.3 is 10.1 Å². The lowest BCUT2D eigenvalue weighted by atomic mass is 10.2. The van der Waals surface area contributed by atoms with Crippen molar-refractivity contribution in [1.29, 1.82) is 0 Å². The van der Waals surface area contributed by atoms with Gasteiger partial charge in [0.15, 0.2) is 0 Å². The van der Waals surface area contributed by atoms with Gasteiger partial charge in [0, 0.05) is 25.2 Å². The zero-order valence-electron chi connectivity index (χ0n) is 15.9. The third-order valence-electron chi connectivity index (χ3n) is 4.10. The average molecular weight is 391 g/mol. The average Bonchev–Trinajstić information content (AvgIpc) is 2.66. The van der Waals surface area contributed by atoms with E-state index < -0.39 is 10.0 Å². The summed E-state index contributed by atoms with van der Waals surface area (Å²) in [5, 5.41) is 2.77. The molecule has 0 heterocycles. The van der Waals surface area contributed by atoms with E-state index in [4.69, 9.17) is 4.74 Å². The Bertz CT molecular complexity index is 834. The minimum absolute atomic E-state index is 0.132. The van der Waals surface area contributed by atoms with Gasteiger partial charge in [-0.25, -0.2) is 8.42 Å². The summed E-state index contributed by atoms with van der Waals surface area (Å²) < 4.78 is 31.7. The van der Waals surface area contributed by atoms with Crippen LogP contribution in [0.5, 0.6) is 5.75 Å². The molecule has 0 aromatic heterocycles. The highest BCUT2D eigenvalue weighted by Crippen LogP contribution is 2.19. The number of rotatable bonds is 9. The summed E-state index contributed by atoms with van der Waals surface area (Å²) in [4.78, 5) is 12.2. The van der Waals surface area contributed by atoms with E-state index in [0.29, 0.717) is 25.1 Å². The minimum atomic E-state index is -3.52. The van der Waals surface area contributed by atoms with Crippen LogP contribution in [0.25, 0.3) is 0 Å². The summed E-state index contributed by atoms with van der Waals surface area (Å²) in [5.74, 6) is 0.641. The van der Waals surface area contributed by atoms with Crippen LogP contribution in [0.1, 0.15) is 26.7 Å². The maximum absolute atomic E-state index is 12.4. The Morgan fingerprint density at radius 1 is 1.07 bits per heavy atom. The SMILES string of the molecule is CC(C)N(C)S(=O)(=O)c1ccc(NC(=O)CCCOc2ccccc2)cc1. The van der Waals surface area contributed by atoms with Gasteiger partial charge in [0.25, 0.3) is 0 Å². The Hall–Kier alpha value is -2.38. The van der Waals surface area contributed by atoms with Crippen molar-refractivity contribution in [3.05, 3.63) is 54.6 Å². The van der Waals surface area contributed by atoms with Gasteiger partial charge in [0.2, 0.25) is 15.9 Å². The lowest BCUT2D eigenvalue weighted by Crippen LogP contribution is -2.33. The molecule has 0 aliphatic heterocycles. The molecule has 0 aliphatic rings. The first-order valence-electron chi connectivity index (χ1n) is 8.86. The Morgan fingerprint density at radius 2 is 1.70 bits per heavy atom. The van der Waals surface area contributed by atoms with E-state index in [1.165, 1.54) is 16.4 Å². The van der Waals surface area contributed by atoms with Crippen LogP contribution in [0.2, 0.25) is 0 Å². The molecule has 0 aliphatic carbocycles. The van der Waals surface area contributed by atoms with Crippen molar-refractivity contribution in [2.75, 3.05) is 19.0 Å². The lowest BCUT2D eigenvalue weighted by molar-refractivity contribution is -0.116. The molecule has 0 fully saturated rings. The third-order valence-corrected chi connectivity index (χ3v) is 6.15. The second-order valence-corrected chi connectivity index (χ2v) is 8.45. The van der Waals surface area contributed by atoms with Gasteiger partial charge in [-0.3, -0.25) is 4.79 Å². The summed E-state index contributed by atoms with van der Waals surface area (Å²) in [6, 6.07) is 15.5. The second-order valence-electron chi connectivity index (χ2n) is 6.45. The number of para-hydroxylation sites is 1. The topological polar surface area (TPSA) is 75.7 Å². The molecular formula is C20H26N2O4S. The van der Waals surface area contributed by atoms with E-state index in [-0.39, 0.29) is 16.8 Å². The van der Waals surface area contributed by atoms with Crippen LogP contribution in [0.15, 0.2) is 59.5 Å². The van der Waals surface area contributed by atoms with Crippen molar-refractivity contribution < 1.29 is 17.9 Å². The van der Waals surface area contributed by atoms with Gasteiger partial charge in [0.05, 0.1) is 11.5 Å². The molecule has 7 heteroatoms. The molecule has 0 spiro atoms. The molecule has 0 unspecified atom stereocenters. The van der Waals surface area contributed by atoms with Crippen LogP contribution in [-0.4, -0.2) is 38.3 Å². The van der Waals surface area contributed by atoms with Crippen LogP contribution in [-0.2, 0) is 14.8 Å². The number of ether oxygens (including phenoxy) is 1. The Labute approximate surface area is 161 Å². The predicted octanol–water partition coefficient (Wildman–Crippen LogP) is 3.51. The van der Waals surface area contributed by atoms with Gasteiger partial charge in [-0.1, -0.05) is 18.2 Å². The van der Waals surface area contributed by atoms with Crippen LogP contribution >= 0.6 is 0 Å². The van der Waals surface area contributed by atoms with Crippen molar-refractivity contribution in [3.63, 3.8) is 0 Å². The third kappa shape index (κ3) is 6.08. The van der Waals surface area contributed by atoms with Crippen molar-refractivity contribution in [2.45, 2.75) is 37.6 Å². The quantitative estimate of drug-likeness (QED) is 0.665. The number of anilines is 1. The molecule has 2 rings (SSSR count). The van der Waals surface area contributed by atoms with Gasteiger partial charge in [-0.2, -0.15) is 4.31 Å². The molecule has 1 amide bonds. The maximum atomic E-state index is 12.4. The van der Waals surface area contributed by atoms with Crippen LogP contribution < -0.4 is 10.1 Å². The van der Waals surface area contributed by atoms with E-state index in [2.05, 4.69) is 5.32 Å². The smallest absolute Gasteiger partial charge is 0.243 e. The Balaban J connectivity index is 1.82. The Kier molecular flexibility index (Phi) is 7.38. The van der Waals surface area contributed by atoms with Gasteiger partial charge >= 0.3 is 0 Å². The lowest BCUT2D eigenvalue weighted by Gasteiger charge is -2.21. The van der Waals surface area contributed by atoms with E-state index in [1.54, 1.807) is 19.2 Å². The molecule has 0 bridgehead atoms. The predicted molar refractivity (Wildman–Crippen MR) is 106 cm³/mol. The number of nitrogens with zero attached hydrogens (tertiary/aromatic N) is 1. The van der Waals surface area contributed by atoms with Crippen molar-refractivity contribution in [1.82, 2.24) is 4.31 Å². The molecule has 2 aromatic rings. The number of benzene rings is 2. The minimum Gasteiger partial charge on any atom is -0.494 e. The molecule has 0 saturated carbocycles. The summed E-state index contributed by atoms with van der Waals surface area (Å²) >= 11 is 0. The van der Waals surface area contributed by atoms with E-state index >= 15 is 0 Å². The molecule has 0 saturated heterocycles. The summed E-state index contributed by atoms with van der Waals surface area (Å²) in [6.07, 6.45) is 0.912. The first-order chi connectivity index (χ1) is 12.8. The number of amides is 1. The zero-order valence-corrected chi connectivity index (χ0v) is 16.7. The highest BCUT2D eigenvalue weighted by molar-refractivity contribution is 7.89. The van der Waals surface area contributed by atoms with Crippen molar-refractivity contribution >= 4 is 21.6 Å². The fourth-order valence-electron chi connectivity index (χ4n) is 2.32. The maximum Gasteiger partial charge on any atom is 0.243 e. The summed E-state index contributed by atoms with van der Waals surface area (Å²) in [7, 11) is -1.97. The van der Waals surface area contributed by atoms with Crippen molar-refractivity contribution in [2.24, 2.45) is 0 Å². The van der Waals surface area contributed by atoms with E-state index in [1.807, 2.05) is 44.2 Å². The zero-order chi connectivity index (χ0) is 19.9.